The van der Waals surface area contributed by atoms with E-state index in [9.17, 15) is 9.18 Å². The first-order chi connectivity index (χ1) is 7.68. The Morgan fingerprint density at radius 3 is 3.00 bits per heavy atom. The van der Waals surface area contributed by atoms with Crippen LogP contribution in [0.3, 0.4) is 0 Å². The Kier molecular flexibility index (Phi) is 3.19. The Morgan fingerprint density at radius 1 is 1.56 bits per heavy atom. The Hall–Kier alpha value is -1.42. The maximum absolute atomic E-state index is 13.5. The van der Waals surface area contributed by atoms with E-state index >= 15 is 0 Å². The lowest BCUT2D eigenvalue weighted by Gasteiger charge is -2.13. The molecule has 16 heavy (non-hydrogen) atoms. The smallest absolute Gasteiger partial charge is 0.241 e. The van der Waals surface area contributed by atoms with Crippen molar-refractivity contribution in [1.29, 1.82) is 0 Å². The van der Waals surface area contributed by atoms with E-state index in [2.05, 4.69) is 10.6 Å². The molecule has 4 heteroatoms. The fourth-order valence-corrected chi connectivity index (χ4v) is 1.91. The summed E-state index contributed by atoms with van der Waals surface area (Å²) in [5, 5.41) is 5.73. The molecule has 0 saturated carbocycles. The van der Waals surface area contributed by atoms with Crippen LogP contribution in [0.1, 0.15) is 18.4 Å². The quantitative estimate of drug-likeness (QED) is 0.801. The van der Waals surface area contributed by atoms with Crippen molar-refractivity contribution < 1.29 is 9.18 Å². The lowest BCUT2D eigenvalue weighted by atomic mass is 10.1. The molecule has 3 nitrogen and oxygen atoms in total. The van der Waals surface area contributed by atoms with Crippen molar-refractivity contribution in [3.63, 3.8) is 0 Å². The number of para-hydroxylation sites is 1. The van der Waals surface area contributed by atoms with Crippen LogP contribution in [0.4, 0.5) is 10.1 Å². The molecule has 0 bridgehead atoms. The van der Waals surface area contributed by atoms with Crippen LogP contribution >= 0.6 is 0 Å². The molecule has 1 aromatic carbocycles. The van der Waals surface area contributed by atoms with Gasteiger partial charge in [0.05, 0.1) is 11.7 Å². The van der Waals surface area contributed by atoms with Gasteiger partial charge in [0, 0.05) is 0 Å². The molecule has 0 spiro atoms. The second kappa shape index (κ2) is 4.61. The molecule has 2 rings (SSSR count). The van der Waals surface area contributed by atoms with E-state index in [1.807, 2.05) is 0 Å². The molecule has 1 aliphatic rings. The zero-order valence-corrected chi connectivity index (χ0v) is 9.22. The zero-order chi connectivity index (χ0) is 11.5. The van der Waals surface area contributed by atoms with Crippen molar-refractivity contribution in [3.8, 4) is 0 Å². The number of anilines is 1. The van der Waals surface area contributed by atoms with Gasteiger partial charge in [-0.2, -0.15) is 0 Å². The number of aryl methyl sites for hydroxylation is 1. The van der Waals surface area contributed by atoms with Gasteiger partial charge >= 0.3 is 0 Å². The van der Waals surface area contributed by atoms with Crippen LogP contribution in [0, 0.1) is 12.7 Å². The number of amides is 1. The van der Waals surface area contributed by atoms with Crippen LogP contribution in [0.15, 0.2) is 18.2 Å². The van der Waals surface area contributed by atoms with Crippen LogP contribution < -0.4 is 10.6 Å². The van der Waals surface area contributed by atoms with E-state index < -0.39 is 0 Å². The number of benzene rings is 1. The highest BCUT2D eigenvalue weighted by atomic mass is 19.1. The lowest BCUT2D eigenvalue weighted by molar-refractivity contribution is -0.117. The fraction of sp³-hybridized carbons (Fsp3) is 0.417. The van der Waals surface area contributed by atoms with Crippen LogP contribution in [-0.2, 0) is 4.79 Å². The average Bonchev–Trinajstić information content (AvgIpc) is 2.76. The van der Waals surface area contributed by atoms with Crippen molar-refractivity contribution in [2.45, 2.75) is 25.8 Å². The molecule has 0 aliphatic carbocycles. The molecule has 1 fully saturated rings. The minimum Gasteiger partial charge on any atom is -0.322 e. The van der Waals surface area contributed by atoms with Gasteiger partial charge in [0.1, 0.15) is 5.82 Å². The Balaban J connectivity index is 2.11. The topological polar surface area (TPSA) is 41.1 Å². The zero-order valence-electron chi connectivity index (χ0n) is 9.22. The fourth-order valence-electron chi connectivity index (χ4n) is 1.91. The predicted octanol–water partition coefficient (Wildman–Crippen LogP) is 1.82. The summed E-state index contributed by atoms with van der Waals surface area (Å²) in [7, 11) is 0. The number of hydrogen-bond donors (Lipinski definition) is 2. The molecule has 1 saturated heterocycles. The van der Waals surface area contributed by atoms with E-state index in [1.165, 1.54) is 6.07 Å². The highest BCUT2D eigenvalue weighted by molar-refractivity contribution is 5.95. The van der Waals surface area contributed by atoms with Gasteiger partial charge in [-0.1, -0.05) is 12.1 Å². The summed E-state index contributed by atoms with van der Waals surface area (Å²) in [5.74, 6) is -0.531. The molecule has 1 atom stereocenters. The molecule has 1 amide bonds. The standard InChI is InChI=1S/C12H15FN2O/c1-8-4-2-5-9(13)11(8)15-12(16)10-6-3-7-14-10/h2,4-5,10,14H,3,6-7H2,1H3,(H,15,16)/t10-/m0/s1. The Bertz CT molecular complexity index is 380. The molecule has 0 unspecified atom stereocenters. The van der Waals surface area contributed by atoms with Gasteiger partial charge in [-0.3, -0.25) is 4.79 Å². The first kappa shape index (κ1) is 11.1. The van der Waals surface area contributed by atoms with Crippen LogP contribution in [-0.4, -0.2) is 18.5 Å². The first-order valence-corrected chi connectivity index (χ1v) is 5.48. The third kappa shape index (κ3) is 2.22. The molecule has 0 radical (unpaired) electrons. The van der Waals surface area contributed by atoms with E-state index in [1.54, 1.807) is 19.1 Å². The molecular weight excluding hydrogens is 207 g/mol. The van der Waals surface area contributed by atoms with E-state index in [-0.39, 0.29) is 17.8 Å². The van der Waals surface area contributed by atoms with Crippen LogP contribution in [0.5, 0.6) is 0 Å². The van der Waals surface area contributed by atoms with Gasteiger partial charge in [-0.05, 0) is 37.9 Å². The highest BCUT2D eigenvalue weighted by Gasteiger charge is 2.23. The minimum absolute atomic E-state index is 0.147. The molecule has 0 aromatic heterocycles. The van der Waals surface area contributed by atoms with Crippen LogP contribution in [0.25, 0.3) is 0 Å². The summed E-state index contributed by atoms with van der Waals surface area (Å²) < 4.78 is 13.5. The number of carbonyl (C=O) groups excluding carboxylic acids is 1. The predicted molar refractivity (Wildman–Crippen MR) is 60.8 cm³/mol. The Morgan fingerprint density at radius 2 is 2.38 bits per heavy atom. The monoisotopic (exact) mass is 222 g/mol. The van der Waals surface area contributed by atoms with Gasteiger partial charge in [0.15, 0.2) is 0 Å². The SMILES string of the molecule is Cc1cccc(F)c1NC(=O)[C@@H]1CCCN1. The number of halogens is 1. The second-order valence-electron chi connectivity index (χ2n) is 4.07. The summed E-state index contributed by atoms with van der Waals surface area (Å²) in [6.45, 7) is 2.63. The maximum atomic E-state index is 13.5. The number of nitrogens with one attached hydrogen (secondary N) is 2. The minimum atomic E-state index is -0.383. The normalized spacial score (nSPS) is 19.8. The third-order valence-electron chi connectivity index (χ3n) is 2.85. The first-order valence-electron chi connectivity index (χ1n) is 5.48. The molecule has 86 valence electrons. The van der Waals surface area contributed by atoms with E-state index in [4.69, 9.17) is 0 Å². The van der Waals surface area contributed by atoms with Crippen molar-refractivity contribution >= 4 is 11.6 Å². The van der Waals surface area contributed by atoms with Gasteiger partial charge in [0.2, 0.25) is 5.91 Å². The van der Waals surface area contributed by atoms with Crippen molar-refractivity contribution in [3.05, 3.63) is 29.6 Å². The summed E-state index contributed by atoms with van der Waals surface area (Å²) >= 11 is 0. The van der Waals surface area contributed by atoms with Crippen molar-refractivity contribution in [1.82, 2.24) is 5.32 Å². The van der Waals surface area contributed by atoms with Crippen molar-refractivity contribution in [2.24, 2.45) is 0 Å². The molecule has 1 aliphatic heterocycles. The number of hydrogen-bond acceptors (Lipinski definition) is 2. The summed E-state index contributed by atoms with van der Waals surface area (Å²) in [6, 6.07) is 4.58. The van der Waals surface area contributed by atoms with E-state index in [0.717, 1.165) is 24.9 Å². The van der Waals surface area contributed by atoms with Crippen molar-refractivity contribution in [2.75, 3.05) is 11.9 Å². The summed E-state index contributed by atoms with van der Waals surface area (Å²) in [4.78, 5) is 11.8. The largest absolute Gasteiger partial charge is 0.322 e. The molecule has 2 N–H and O–H groups in total. The van der Waals surface area contributed by atoms with E-state index in [0.29, 0.717) is 5.69 Å². The summed E-state index contributed by atoms with van der Waals surface area (Å²) in [6.07, 6.45) is 1.81. The molecule has 1 aromatic rings. The summed E-state index contributed by atoms with van der Waals surface area (Å²) in [5.41, 5.74) is 1.03. The second-order valence-corrected chi connectivity index (χ2v) is 4.07. The van der Waals surface area contributed by atoms with Gasteiger partial charge < -0.3 is 10.6 Å². The number of carbonyl (C=O) groups is 1. The number of rotatable bonds is 2. The Labute approximate surface area is 94.0 Å². The van der Waals surface area contributed by atoms with Gasteiger partial charge in [-0.15, -0.1) is 0 Å². The van der Waals surface area contributed by atoms with Gasteiger partial charge in [-0.25, -0.2) is 4.39 Å². The van der Waals surface area contributed by atoms with Crippen LogP contribution in [0.2, 0.25) is 0 Å². The van der Waals surface area contributed by atoms with Gasteiger partial charge in [0.25, 0.3) is 0 Å². The molecule has 1 heterocycles. The lowest BCUT2D eigenvalue weighted by Crippen LogP contribution is -2.35. The molecular formula is C12H15FN2O. The third-order valence-corrected chi connectivity index (χ3v) is 2.85. The maximum Gasteiger partial charge on any atom is 0.241 e. The highest BCUT2D eigenvalue weighted by Crippen LogP contribution is 2.19. The average molecular weight is 222 g/mol.